The molecule has 0 aromatic carbocycles. The van der Waals surface area contributed by atoms with Gasteiger partial charge in [0.1, 0.15) is 0 Å². The Morgan fingerprint density at radius 1 is 1.80 bits per heavy atom. The molecule has 0 aliphatic carbocycles. The molecule has 1 aromatic rings. The molecule has 0 radical (unpaired) electrons. The Balaban J connectivity index is 3.01. The maximum Gasteiger partial charge on any atom is 0.415 e. The van der Waals surface area contributed by atoms with Gasteiger partial charge in [0, 0.05) is 11.9 Å². The van der Waals surface area contributed by atoms with E-state index in [1.54, 1.807) is 18.3 Å². The molecule has 10 heavy (non-hydrogen) atoms. The molecule has 3 nitrogen and oxygen atoms in total. The van der Waals surface area contributed by atoms with Gasteiger partial charge in [-0.3, -0.25) is 4.57 Å². The largest absolute Gasteiger partial charge is 0.464 e. The average Bonchev–Trinajstić information content (AvgIpc) is 2.33. The molecule has 54 valence electrons. The van der Waals surface area contributed by atoms with Gasteiger partial charge in [-0.1, -0.05) is 6.92 Å². The van der Waals surface area contributed by atoms with Crippen molar-refractivity contribution in [1.82, 2.24) is 4.57 Å². The highest BCUT2D eigenvalue weighted by atomic mass is 16.4. The van der Waals surface area contributed by atoms with Gasteiger partial charge in [0.25, 0.3) is 0 Å². The van der Waals surface area contributed by atoms with Crippen molar-refractivity contribution in [2.24, 2.45) is 0 Å². The Morgan fingerprint density at radius 3 is 2.90 bits per heavy atom. The highest BCUT2D eigenvalue weighted by molar-refractivity contribution is 5.69. The second-order valence-electron chi connectivity index (χ2n) is 2.01. The van der Waals surface area contributed by atoms with E-state index in [9.17, 15) is 4.79 Å². The molecule has 0 bridgehead atoms. The first kappa shape index (κ1) is 6.86. The summed E-state index contributed by atoms with van der Waals surface area (Å²) in [4.78, 5) is 10.4. The van der Waals surface area contributed by atoms with Crippen LogP contribution in [0.3, 0.4) is 0 Å². The van der Waals surface area contributed by atoms with Gasteiger partial charge in [0.05, 0.1) is 0 Å². The third-order valence-corrected chi connectivity index (χ3v) is 1.40. The maximum atomic E-state index is 10.4. The van der Waals surface area contributed by atoms with Gasteiger partial charge >= 0.3 is 6.09 Å². The van der Waals surface area contributed by atoms with Crippen LogP contribution in [0.1, 0.15) is 12.6 Å². The van der Waals surface area contributed by atoms with E-state index < -0.39 is 6.09 Å². The fourth-order valence-corrected chi connectivity index (χ4v) is 0.891. The van der Waals surface area contributed by atoms with Gasteiger partial charge in [0.2, 0.25) is 0 Å². The van der Waals surface area contributed by atoms with Crippen molar-refractivity contribution in [3.8, 4) is 0 Å². The topological polar surface area (TPSA) is 42.2 Å². The molecular formula is C7H9NO2. The van der Waals surface area contributed by atoms with E-state index in [1.165, 1.54) is 4.57 Å². The Labute approximate surface area is 58.9 Å². The number of aromatic nitrogens is 1. The van der Waals surface area contributed by atoms with E-state index >= 15 is 0 Å². The minimum absolute atomic E-state index is 0.749. The molecule has 0 spiro atoms. The Hall–Kier alpha value is -1.25. The van der Waals surface area contributed by atoms with Crippen LogP contribution < -0.4 is 0 Å². The fraction of sp³-hybridized carbons (Fsp3) is 0.286. The lowest BCUT2D eigenvalue weighted by Crippen LogP contribution is -2.09. The third kappa shape index (κ3) is 1.03. The summed E-state index contributed by atoms with van der Waals surface area (Å²) in [5.74, 6) is 0. The van der Waals surface area contributed by atoms with E-state index in [-0.39, 0.29) is 0 Å². The molecule has 0 amide bonds. The van der Waals surface area contributed by atoms with Crippen molar-refractivity contribution in [3.63, 3.8) is 0 Å². The van der Waals surface area contributed by atoms with E-state index in [4.69, 9.17) is 5.11 Å². The SMILES string of the molecule is CCc1cccn1C(=O)O. The molecule has 0 aliphatic heterocycles. The molecular weight excluding hydrogens is 130 g/mol. The zero-order chi connectivity index (χ0) is 7.56. The fourth-order valence-electron chi connectivity index (χ4n) is 0.891. The van der Waals surface area contributed by atoms with Crippen LogP contribution in [-0.2, 0) is 6.42 Å². The number of carbonyl (C=O) groups is 1. The highest BCUT2D eigenvalue weighted by Crippen LogP contribution is 2.01. The van der Waals surface area contributed by atoms with Crippen LogP contribution in [0, 0.1) is 0 Å². The minimum Gasteiger partial charge on any atom is -0.464 e. The highest BCUT2D eigenvalue weighted by Gasteiger charge is 2.02. The molecule has 0 saturated heterocycles. The van der Waals surface area contributed by atoms with Gasteiger partial charge in [-0.15, -0.1) is 0 Å². The summed E-state index contributed by atoms with van der Waals surface area (Å²) >= 11 is 0. The zero-order valence-corrected chi connectivity index (χ0v) is 5.74. The minimum atomic E-state index is -0.915. The van der Waals surface area contributed by atoms with Gasteiger partial charge in [-0.25, -0.2) is 4.79 Å². The first-order valence-corrected chi connectivity index (χ1v) is 3.15. The molecule has 1 N–H and O–H groups in total. The predicted octanol–water partition coefficient (Wildman–Crippen LogP) is 1.58. The zero-order valence-electron chi connectivity index (χ0n) is 5.74. The molecule has 0 fully saturated rings. The number of hydrogen-bond donors (Lipinski definition) is 1. The smallest absolute Gasteiger partial charge is 0.415 e. The monoisotopic (exact) mass is 139 g/mol. The summed E-state index contributed by atoms with van der Waals surface area (Å²) in [6.45, 7) is 1.93. The van der Waals surface area contributed by atoms with Crippen LogP contribution in [0.4, 0.5) is 4.79 Å². The number of carboxylic acid groups (broad SMARTS) is 1. The normalized spacial score (nSPS) is 9.70. The van der Waals surface area contributed by atoms with Crippen LogP contribution in [0.25, 0.3) is 0 Å². The molecule has 1 heterocycles. The van der Waals surface area contributed by atoms with Crippen LogP contribution in [0.15, 0.2) is 18.3 Å². The Bertz CT molecular complexity index is 240. The van der Waals surface area contributed by atoms with Gasteiger partial charge < -0.3 is 5.11 Å². The summed E-state index contributed by atoms with van der Waals surface area (Å²) in [5, 5.41) is 8.55. The molecule has 1 rings (SSSR count). The second-order valence-corrected chi connectivity index (χ2v) is 2.01. The quantitative estimate of drug-likeness (QED) is 0.641. The van der Waals surface area contributed by atoms with E-state index in [1.807, 2.05) is 6.92 Å². The summed E-state index contributed by atoms with van der Waals surface area (Å²) in [5.41, 5.74) is 0.826. The van der Waals surface area contributed by atoms with Crippen LogP contribution in [0.2, 0.25) is 0 Å². The molecule has 0 unspecified atom stereocenters. The standard InChI is InChI=1S/C7H9NO2/c1-2-6-4-3-5-8(6)7(9)10/h3-5H,2H2,1H3,(H,9,10). The number of aryl methyl sites for hydroxylation is 1. The summed E-state index contributed by atoms with van der Waals surface area (Å²) in [6.07, 6.45) is 1.38. The average molecular weight is 139 g/mol. The van der Waals surface area contributed by atoms with Crippen LogP contribution in [0.5, 0.6) is 0 Å². The number of hydrogen-bond acceptors (Lipinski definition) is 1. The first-order chi connectivity index (χ1) is 4.75. The molecule has 1 aromatic heterocycles. The number of rotatable bonds is 1. The summed E-state index contributed by atoms with van der Waals surface area (Å²) < 4.78 is 1.22. The van der Waals surface area contributed by atoms with Gasteiger partial charge in [0.15, 0.2) is 0 Å². The van der Waals surface area contributed by atoms with Crippen molar-refractivity contribution in [2.75, 3.05) is 0 Å². The van der Waals surface area contributed by atoms with Crippen molar-refractivity contribution in [1.29, 1.82) is 0 Å². The van der Waals surface area contributed by atoms with E-state index in [0.717, 1.165) is 12.1 Å². The lowest BCUT2D eigenvalue weighted by Gasteiger charge is -1.97. The summed E-state index contributed by atoms with van der Waals surface area (Å²) in [6, 6.07) is 3.53. The molecule has 0 atom stereocenters. The Kier molecular flexibility index (Phi) is 1.76. The van der Waals surface area contributed by atoms with Crippen molar-refractivity contribution >= 4 is 6.09 Å². The molecule has 3 heteroatoms. The third-order valence-electron chi connectivity index (χ3n) is 1.40. The first-order valence-electron chi connectivity index (χ1n) is 3.15. The lowest BCUT2D eigenvalue weighted by atomic mass is 10.3. The molecule has 0 saturated carbocycles. The van der Waals surface area contributed by atoms with Crippen LogP contribution in [-0.4, -0.2) is 15.8 Å². The van der Waals surface area contributed by atoms with Crippen LogP contribution >= 0.6 is 0 Å². The maximum absolute atomic E-state index is 10.4. The van der Waals surface area contributed by atoms with E-state index in [2.05, 4.69) is 0 Å². The van der Waals surface area contributed by atoms with Gasteiger partial charge in [-0.05, 0) is 18.6 Å². The van der Waals surface area contributed by atoms with Crippen molar-refractivity contribution < 1.29 is 9.90 Å². The Morgan fingerprint density at radius 2 is 2.50 bits per heavy atom. The van der Waals surface area contributed by atoms with Gasteiger partial charge in [-0.2, -0.15) is 0 Å². The molecule has 0 aliphatic rings. The van der Waals surface area contributed by atoms with E-state index in [0.29, 0.717) is 0 Å². The summed E-state index contributed by atoms with van der Waals surface area (Å²) in [7, 11) is 0. The van der Waals surface area contributed by atoms with Crippen molar-refractivity contribution in [3.05, 3.63) is 24.0 Å². The lowest BCUT2D eigenvalue weighted by molar-refractivity contribution is 0.195. The second kappa shape index (κ2) is 2.56. The number of nitrogens with zero attached hydrogens (tertiary/aromatic N) is 1. The van der Waals surface area contributed by atoms with Crippen molar-refractivity contribution in [2.45, 2.75) is 13.3 Å². The predicted molar refractivity (Wildman–Crippen MR) is 37.2 cm³/mol.